The van der Waals surface area contributed by atoms with Crippen LogP contribution < -0.4 is 4.74 Å². The maximum Gasteiger partial charge on any atom is 0.421 e. The van der Waals surface area contributed by atoms with Crippen LogP contribution in [0.25, 0.3) is 0 Å². The highest BCUT2D eigenvalue weighted by molar-refractivity contribution is 5.79. The topological polar surface area (TPSA) is 42.4 Å². The summed E-state index contributed by atoms with van der Waals surface area (Å²) in [4.78, 5) is 17.1. The van der Waals surface area contributed by atoms with Crippen molar-refractivity contribution < 1.29 is 35.9 Å². The number of aromatic nitrogens is 1. The van der Waals surface area contributed by atoms with Crippen LogP contribution in [0, 0.1) is 0 Å². The number of alkyl halides is 6. The van der Waals surface area contributed by atoms with E-state index in [4.69, 9.17) is 4.74 Å². The van der Waals surface area contributed by atoms with E-state index in [0.29, 0.717) is 0 Å². The van der Waals surface area contributed by atoms with Gasteiger partial charge in [0.05, 0.1) is 25.1 Å². The molecule has 1 aromatic heterocycles. The maximum atomic E-state index is 12.9. The van der Waals surface area contributed by atoms with Gasteiger partial charge in [0.15, 0.2) is 0 Å². The zero-order valence-electron chi connectivity index (χ0n) is 14.2. The standard InChI is InChI=1S/C18H14F6N2O2/c19-17(20,21)12-4-1-3-11(7-12)8-15(27)26-9-13(10-26)28-16-14(18(22,23)24)5-2-6-25-16/h1-7,13H,8-10H2. The lowest BCUT2D eigenvalue weighted by molar-refractivity contribution is -0.144. The summed E-state index contributed by atoms with van der Waals surface area (Å²) in [7, 11) is 0. The monoisotopic (exact) mass is 404 g/mol. The Bertz CT molecular complexity index is 860. The van der Waals surface area contributed by atoms with Crippen molar-refractivity contribution >= 4 is 5.91 Å². The number of pyridine rings is 1. The Morgan fingerprint density at radius 3 is 2.43 bits per heavy atom. The minimum absolute atomic E-state index is 0.0334. The van der Waals surface area contributed by atoms with E-state index in [0.717, 1.165) is 24.3 Å². The normalized spacial score (nSPS) is 15.3. The molecule has 2 aromatic rings. The van der Waals surface area contributed by atoms with Gasteiger partial charge in [0.25, 0.3) is 0 Å². The molecule has 150 valence electrons. The van der Waals surface area contributed by atoms with Gasteiger partial charge in [0, 0.05) is 6.20 Å². The molecule has 0 atom stereocenters. The Kier molecular flexibility index (Phi) is 5.22. The van der Waals surface area contributed by atoms with Crippen molar-refractivity contribution in [3.05, 3.63) is 59.3 Å². The van der Waals surface area contributed by atoms with Gasteiger partial charge < -0.3 is 9.64 Å². The molecule has 0 unspecified atom stereocenters. The largest absolute Gasteiger partial charge is 0.470 e. The number of nitrogens with zero attached hydrogens (tertiary/aromatic N) is 2. The molecule has 0 saturated carbocycles. The van der Waals surface area contributed by atoms with E-state index in [9.17, 15) is 31.1 Å². The molecule has 1 amide bonds. The van der Waals surface area contributed by atoms with Gasteiger partial charge in [-0.05, 0) is 23.8 Å². The van der Waals surface area contributed by atoms with Crippen LogP contribution in [0.5, 0.6) is 5.88 Å². The average molecular weight is 404 g/mol. The number of halogens is 6. The van der Waals surface area contributed by atoms with Gasteiger partial charge >= 0.3 is 12.4 Å². The van der Waals surface area contributed by atoms with Crippen LogP contribution in [0.4, 0.5) is 26.3 Å². The summed E-state index contributed by atoms with van der Waals surface area (Å²) in [5.74, 6) is -0.999. The first-order valence-electron chi connectivity index (χ1n) is 8.17. The van der Waals surface area contributed by atoms with Crippen LogP contribution in [-0.2, 0) is 23.6 Å². The molecule has 4 nitrogen and oxygen atoms in total. The zero-order valence-corrected chi connectivity index (χ0v) is 14.2. The summed E-state index contributed by atoms with van der Waals surface area (Å²) in [5, 5.41) is 0. The highest BCUT2D eigenvalue weighted by Crippen LogP contribution is 2.35. The highest BCUT2D eigenvalue weighted by Gasteiger charge is 2.38. The van der Waals surface area contributed by atoms with Gasteiger partial charge in [-0.15, -0.1) is 0 Å². The summed E-state index contributed by atoms with van der Waals surface area (Å²) in [6, 6.07) is 6.41. The second-order valence-corrected chi connectivity index (χ2v) is 6.27. The Morgan fingerprint density at radius 2 is 1.79 bits per heavy atom. The lowest BCUT2D eigenvalue weighted by Crippen LogP contribution is -2.56. The van der Waals surface area contributed by atoms with Crippen molar-refractivity contribution in [2.24, 2.45) is 0 Å². The van der Waals surface area contributed by atoms with E-state index in [1.54, 1.807) is 0 Å². The van der Waals surface area contributed by atoms with E-state index in [1.165, 1.54) is 23.2 Å². The SMILES string of the molecule is O=C(Cc1cccc(C(F)(F)F)c1)N1CC(Oc2ncccc2C(F)(F)F)C1. The van der Waals surface area contributed by atoms with Crippen LogP contribution in [0.15, 0.2) is 42.6 Å². The van der Waals surface area contributed by atoms with E-state index < -0.39 is 41.4 Å². The molecule has 1 aliphatic heterocycles. The predicted molar refractivity (Wildman–Crippen MR) is 85.4 cm³/mol. The molecule has 1 aliphatic rings. The van der Waals surface area contributed by atoms with Gasteiger partial charge in [-0.2, -0.15) is 26.3 Å². The fraction of sp³-hybridized carbons (Fsp3) is 0.333. The molecular formula is C18H14F6N2O2. The molecule has 2 heterocycles. The molecule has 3 rings (SSSR count). The molecular weight excluding hydrogens is 390 g/mol. The molecule has 10 heteroatoms. The summed E-state index contributed by atoms with van der Waals surface area (Å²) in [6.45, 7) is 0.0668. The van der Waals surface area contributed by atoms with Gasteiger partial charge in [-0.3, -0.25) is 4.79 Å². The number of carbonyl (C=O) groups excluding carboxylic acids is 1. The number of amides is 1. The van der Waals surface area contributed by atoms with Crippen LogP contribution in [0.3, 0.4) is 0 Å². The van der Waals surface area contributed by atoms with Crippen LogP contribution in [0.2, 0.25) is 0 Å². The third-order valence-electron chi connectivity index (χ3n) is 4.17. The second kappa shape index (κ2) is 7.33. The van der Waals surface area contributed by atoms with Crippen molar-refractivity contribution in [2.75, 3.05) is 13.1 Å². The number of rotatable bonds is 4. The van der Waals surface area contributed by atoms with Crippen molar-refractivity contribution in [3.8, 4) is 5.88 Å². The van der Waals surface area contributed by atoms with Crippen molar-refractivity contribution in [2.45, 2.75) is 24.9 Å². The molecule has 0 radical (unpaired) electrons. The Morgan fingerprint density at radius 1 is 1.07 bits per heavy atom. The second-order valence-electron chi connectivity index (χ2n) is 6.27. The molecule has 0 N–H and O–H groups in total. The molecule has 0 spiro atoms. The van der Waals surface area contributed by atoms with E-state index in [2.05, 4.69) is 4.98 Å². The molecule has 1 fully saturated rings. The summed E-state index contributed by atoms with van der Waals surface area (Å²) in [5.41, 5.74) is -1.66. The lowest BCUT2D eigenvalue weighted by atomic mass is 10.1. The Labute approximate surface area is 155 Å². The molecule has 0 bridgehead atoms. The third-order valence-corrected chi connectivity index (χ3v) is 4.17. The third kappa shape index (κ3) is 4.55. The van der Waals surface area contributed by atoms with Gasteiger partial charge in [-0.25, -0.2) is 4.98 Å². The van der Waals surface area contributed by atoms with Crippen LogP contribution >= 0.6 is 0 Å². The summed E-state index contributed by atoms with van der Waals surface area (Å²) >= 11 is 0. The zero-order chi connectivity index (χ0) is 20.5. The molecule has 1 saturated heterocycles. The number of hydrogen-bond acceptors (Lipinski definition) is 3. The molecule has 28 heavy (non-hydrogen) atoms. The molecule has 1 aromatic carbocycles. The molecule has 0 aliphatic carbocycles. The maximum absolute atomic E-state index is 12.9. The van der Waals surface area contributed by atoms with E-state index >= 15 is 0 Å². The Hall–Kier alpha value is -2.78. The Balaban J connectivity index is 1.57. The van der Waals surface area contributed by atoms with Crippen molar-refractivity contribution in [1.82, 2.24) is 9.88 Å². The van der Waals surface area contributed by atoms with Crippen LogP contribution in [-0.4, -0.2) is 35.0 Å². The van der Waals surface area contributed by atoms with Gasteiger partial charge in [0.1, 0.15) is 11.7 Å². The summed E-state index contributed by atoms with van der Waals surface area (Å²) < 4.78 is 82.1. The van der Waals surface area contributed by atoms with Gasteiger partial charge in [0.2, 0.25) is 11.8 Å². The van der Waals surface area contributed by atoms with Crippen LogP contribution in [0.1, 0.15) is 16.7 Å². The van der Waals surface area contributed by atoms with E-state index in [-0.39, 0.29) is 25.1 Å². The predicted octanol–water partition coefficient (Wildman–Crippen LogP) is 3.95. The average Bonchev–Trinajstić information content (AvgIpc) is 2.56. The van der Waals surface area contributed by atoms with Gasteiger partial charge in [-0.1, -0.05) is 18.2 Å². The number of likely N-dealkylation sites (tertiary alicyclic amines) is 1. The smallest absolute Gasteiger partial charge is 0.421 e. The first-order chi connectivity index (χ1) is 13.0. The summed E-state index contributed by atoms with van der Waals surface area (Å²) in [6.07, 6.45) is -8.87. The fourth-order valence-corrected chi connectivity index (χ4v) is 2.72. The first-order valence-corrected chi connectivity index (χ1v) is 8.17. The van der Waals surface area contributed by atoms with Crippen molar-refractivity contribution in [3.63, 3.8) is 0 Å². The quantitative estimate of drug-likeness (QED) is 0.725. The van der Waals surface area contributed by atoms with Crippen molar-refractivity contribution in [1.29, 1.82) is 0 Å². The van der Waals surface area contributed by atoms with E-state index in [1.807, 2.05) is 0 Å². The fourth-order valence-electron chi connectivity index (χ4n) is 2.72. The number of hydrogen-bond donors (Lipinski definition) is 0. The number of carbonyl (C=O) groups is 1. The highest BCUT2D eigenvalue weighted by atomic mass is 19.4. The lowest BCUT2D eigenvalue weighted by Gasteiger charge is -2.39. The number of benzene rings is 1. The number of ether oxygens (including phenoxy) is 1. The first kappa shape index (κ1) is 20.0. The minimum Gasteiger partial charge on any atom is -0.470 e. The minimum atomic E-state index is -4.62.